The zero-order valence-corrected chi connectivity index (χ0v) is 20.2. The van der Waals surface area contributed by atoms with E-state index in [2.05, 4.69) is 35.3 Å². The van der Waals surface area contributed by atoms with Crippen molar-refractivity contribution < 1.29 is 9.18 Å². The predicted molar refractivity (Wildman–Crippen MR) is 134 cm³/mol. The molecule has 0 fully saturated rings. The average molecular weight is 469 g/mol. The van der Waals surface area contributed by atoms with Gasteiger partial charge in [0.05, 0.1) is 17.7 Å². The molecule has 6 heteroatoms. The highest BCUT2D eigenvalue weighted by Gasteiger charge is 2.35. The van der Waals surface area contributed by atoms with Gasteiger partial charge in [-0.05, 0) is 54.3 Å². The fourth-order valence-electron chi connectivity index (χ4n) is 4.64. The molecule has 2 amide bonds. The Labute approximate surface area is 206 Å². The highest BCUT2D eigenvalue weighted by molar-refractivity contribution is 5.79. The molecule has 1 aliphatic heterocycles. The van der Waals surface area contributed by atoms with E-state index in [0.29, 0.717) is 18.7 Å². The Morgan fingerprint density at radius 2 is 1.69 bits per heavy atom. The summed E-state index contributed by atoms with van der Waals surface area (Å²) in [6.07, 6.45) is 0. The van der Waals surface area contributed by atoms with Gasteiger partial charge in [-0.3, -0.25) is 4.90 Å². The van der Waals surface area contributed by atoms with Gasteiger partial charge in [0.15, 0.2) is 0 Å². The van der Waals surface area contributed by atoms with E-state index in [1.807, 2.05) is 49.4 Å². The van der Waals surface area contributed by atoms with Gasteiger partial charge in [0.1, 0.15) is 5.82 Å². The third-order valence-corrected chi connectivity index (χ3v) is 6.75. The first-order valence-corrected chi connectivity index (χ1v) is 11.7. The maximum atomic E-state index is 13.7. The van der Waals surface area contributed by atoms with Crippen LogP contribution in [0.5, 0.6) is 0 Å². The molecule has 2 atom stereocenters. The summed E-state index contributed by atoms with van der Waals surface area (Å²) in [5, 5.41) is 12.8. The summed E-state index contributed by atoms with van der Waals surface area (Å²) in [5.74, 6) is -0.317. The predicted octanol–water partition coefficient (Wildman–Crippen LogP) is 5.76. The standard InChI is InChI=1S/C29H29FN4O/c1-20-27(28(32-29(35)33(20)3)23-13-15-26(30)16-14-23)21(2)34(18-22-9-5-4-6-10-22)19-25-12-8-7-11-24(25)17-31/h4-16,21,28H,18-19H2,1-3H3,(H,32,35). The van der Waals surface area contributed by atoms with E-state index in [0.717, 1.165) is 28.0 Å². The van der Waals surface area contributed by atoms with Crippen LogP contribution in [0.15, 0.2) is 90.1 Å². The first-order chi connectivity index (χ1) is 16.9. The van der Waals surface area contributed by atoms with Crippen molar-refractivity contribution in [3.05, 3.63) is 118 Å². The molecule has 1 heterocycles. The number of carbonyl (C=O) groups is 1. The Kier molecular flexibility index (Phi) is 7.28. The van der Waals surface area contributed by atoms with Crippen LogP contribution in [-0.2, 0) is 13.1 Å². The number of urea groups is 1. The van der Waals surface area contributed by atoms with Crippen LogP contribution in [0.25, 0.3) is 0 Å². The number of amides is 2. The third kappa shape index (κ3) is 5.26. The molecule has 4 rings (SSSR count). The molecule has 0 radical (unpaired) electrons. The Morgan fingerprint density at radius 3 is 2.37 bits per heavy atom. The van der Waals surface area contributed by atoms with Gasteiger partial charge in [-0.2, -0.15) is 5.26 Å². The SMILES string of the molecule is CC1=C(C(C)N(Cc2ccccc2)Cc2ccccc2C#N)C(c2ccc(F)cc2)NC(=O)N1C. The lowest BCUT2D eigenvalue weighted by molar-refractivity contribution is 0.186. The second-order valence-electron chi connectivity index (χ2n) is 8.87. The van der Waals surface area contributed by atoms with Crippen molar-refractivity contribution in [1.82, 2.24) is 15.1 Å². The molecule has 0 saturated heterocycles. The molecule has 35 heavy (non-hydrogen) atoms. The first-order valence-electron chi connectivity index (χ1n) is 11.7. The van der Waals surface area contributed by atoms with Gasteiger partial charge in [-0.25, -0.2) is 9.18 Å². The number of nitrogens with zero attached hydrogens (tertiary/aromatic N) is 3. The Bertz CT molecular complexity index is 1260. The van der Waals surface area contributed by atoms with E-state index in [1.165, 1.54) is 12.1 Å². The minimum Gasteiger partial charge on any atom is -0.327 e. The van der Waals surface area contributed by atoms with Gasteiger partial charge in [0, 0.05) is 31.9 Å². The van der Waals surface area contributed by atoms with Crippen LogP contribution < -0.4 is 5.32 Å². The summed E-state index contributed by atoms with van der Waals surface area (Å²) < 4.78 is 13.7. The van der Waals surface area contributed by atoms with E-state index in [-0.39, 0.29) is 17.9 Å². The van der Waals surface area contributed by atoms with Crippen molar-refractivity contribution >= 4 is 6.03 Å². The summed E-state index contributed by atoms with van der Waals surface area (Å²) in [6, 6.07) is 25.7. The van der Waals surface area contributed by atoms with Crippen molar-refractivity contribution in [3.8, 4) is 6.07 Å². The van der Waals surface area contributed by atoms with Crippen LogP contribution in [0.2, 0.25) is 0 Å². The van der Waals surface area contributed by atoms with Gasteiger partial charge in [-0.1, -0.05) is 60.7 Å². The van der Waals surface area contributed by atoms with Crippen LogP contribution in [0.3, 0.4) is 0 Å². The van der Waals surface area contributed by atoms with Crippen LogP contribution in [0.4, 0.5) is 9.18 Å². The molecule has 1 N–H and O–H groups in total. The summed E-state index contributed by atoms with van der Waals surface area (Å²) >= 11 is 0. The highest BCUT2D eigenvalue weighted by atomic mass is 19.1. The summed E-state index contributed by atoms with van der Waals surface area (Å²) in [4.78, 5) is 16.6. The number of nitriles is 1. The van der Waals surface area contributed by atoms with Crippen molar-refractivity contribution in [3.63, 3.8) is 0 Å². The molecule has 3 aromatic rings. The number of hydrogen-bond acceptors (Lipinski definition) is 3. The third-order valence-electron chi connectivity index (χ3n) is 6.75. The van der Waals surface area contributed by atoms with Crippen LogP contribution in [0.1, 0.15) is 42.1 Å². The van der Waals surface area contributed by atoms with Gasteiger partial charge in [0.25, 0.3) is 0 Å². The number of halogens is 1. The van der Waals surface area contributed by atoms with Crippen molar-refractivity contribution in [2.24, 2.45) is 0 Å². The van der Waals surface area contributed by atoms with Crippen molar-refractivity contribution in [2.75, 3.05) is 7.05 Å². The average Bonchev–Trinajstić information content (AvgIpc) is 2.88. The lowest BCUT2D eigenvalue weighted by Gasteiger charge is -2.41. The van der Waals surface area contributed by atoms with E-state index in [9.17, 15) is 14.4 Å². The highest BCUT2D eigenvalue weighted by Crippen LogP contribution is 2.35. The minimum absolute atomic E-state index is 0.0972. The Hall–Kier alpha value is -3.95. The molecular weight excluding hydrogens is 439 g/mol. The van der Waals surface area contributed by atoms with E-state index in [1.54, 1.807) is 24.1 Å². The zero-order chi connectivity index (χ0) is 24.9. The monoisotopic (exact) mass is 468 g/mol. The van der Waals surface area contributed by atoms with Gasteiger partial charge >= 0.3 is 6.03 Å². The fraction of sp³-hybridized carbons (Fsp3) is 0.241. The lowest BCUT2D eigenvalue weighted by Crippen LogP contribution is -2.49. The molecular formula is C29H29FN4O. The number of benzene rings is 3. The quantitative estimate of drug-likeness (QED) is 0.480. The smallest absolute Gasteiger partial charge is 0.322 e. The van der Waals surface area contributed by atoms with Gasteiger partial charge < -0.3 is 10.2 Å². The normalized spacial score (nSPS) is 16.7. The number of rotatable bonds is 7. The van der Waals surface area contributed by atoms with E-state index in [4.69, 9.17) is 0 Å². The maximum absolute atomic E-state index is 13.7. The Balaban J connectivity index is 1.77. The second kappa shape index (κ2) is 10.5. The number of carbonyl (C=O) groups excluding carboxylic acids is 1. The second-order valence-corrected chi connectivity index (χ2v) is 8.87. The van der Waals surface area contributed by atoms with Crippen LogP contribution >= 0.6 is 0 Å². The number of allylic oxidation sites excluding steroid dienone is 1. The largest absolute Gasteiger partial charge is 0.327 e. The maximum Gasteiger partial charge on any atom is 0.322 e. The van der Waals surface area contributed by atoms with Crippen molar-refractivity contribution in [2.45, 2.75) is 39.0 Å². The number of hydrogen-bond donors (Lipinski definition) is 1. The molecule has 178 valence electrons. The minimum atomic E-state index is -0.390. The topological polar surface area (TPSA) is 59.4 Å². The zero-order valence-electron chi connectivity index (χ0n) is 20.2. The molecule has 3 aromatic carbocycles. The molecule has 0 bridgehead atoms. The summed E-state index contributed by atoms with van der Waals surface area (Å²) in [5.41, 5.74) is 5.46. The molecule has 0 aromatic heterocycles. The number of nitrogens with one attached hydrogen (secondary N) is 1. The molecule has 5 nitrogen and oxygen atoms in total. The van der Waals surface area contributed by atoms with Crippen LogP contribution in [-0.4, -0.2) is 28.9 Å². The lowest BCUT2D eigenvalue weighted by atomic mass is 9.89. The van der Waals surface area contributed by atoms with Gasteiger partial charge in [-0.15, -0.1) is 0 Å². The Morgan fingerprint density at radius 1 is 1.03 bits per heavy atom. The molecule has 1 aliphatic rings. The summed E-state index contributed by atoms with van der Waals surface area (Å²) in [6.45, 7) is 5.29. The van der Waals surface area contributed by atoms with E-state index < -0.39 is 6.04 Å². The molecule has 0 spiro atoms. The first kappa shape index (κ1) is 24.2. The molecule has 0 aliphatic carbocycles. The van der Waals surface area contributed by atoms with Crippen LogP contribution in [0, 0.1) is 17.1 Å². The van der Waals surface area contributed by atoms with Gasteiger partial charge in [0.2, 0.25) is 0 Å². The summed E-state index contributed by atoms with van der Waals surface area (Å²) in [7, 11) is 1.75. The van der Waals surface area contributed by atoms with E-state index >= 15 is 0 Å². The molecule has 2 unspecified atom stereocenters. The van der Waals surface area contributed by atoms with Crippen molar-refractivity contribution in [1.29, 1.82) is 5.26 Å². The fourth-order valence-corrected chi connectivity index (χ4v) is 4.64. The molecule has 0 saturated carbocycles.